The minimum Gasteiger partial charge on any atom is -0.459 e. The summed E-state index contributed by atoms with van der Waals surface area (Å²) < 4.78 is 34.7. The van der Waals surface area contributed by atoms with Gasteiger partial charge in [-0.3, -0.25) is 4.79 Å². The van der Waals surface area contributed by atoms with Crippen molar-refractivity contribution < 1.29 is 48.2 Å². The van der Waals surface area contributed by atoms with Crippen molar-refractivity contribution in [2.75, 3.05) is 13.7 Å². The van der Waals surface area contributed by atoms with Gasteiger partial charge in [-0.2, -0.15) is 0 Å². The van der Waals surface area contributed by atoms with Crippen LogP contribution in [0.1, 0.15) is 52.9 Å². The molecule has 4 aliphatic heterocycles. The third-order valence-electron chi connectivity index (χ3n) is 9.97. The van der Waals surface area contributed by atoms with Gasteiger partial charge in [0.1, 0.15) is 24.4 Å². The van der Waals surface area contributed by atoms with Crippen molar-refractivity contribution in [3.63, 3.8) is 0 Å². The number of aliphatic hydroxyl groups is 2. The van der Waals surface area contributed by atoms with E-state index in [9.17, 15) is 19.8 Å². The molecule has 0 aromatic carbocycles. The summed E-state index contributed by atoms with van der Waals surface area (Å²) in [5, 5.41) is 21.0. The quantitative estimate of drug-likeness (QED) is 0.408. The van der Waals surface area contributed by atoms with Crippen LogP contribution in [0.4, 0.5) is 0 Å². The minimum atomic E-state index is -1.11. The molecule has 0 bridgehead atoms. The van der Waals surface area contributed by atoms with E-state index < -0.39 is 54.5 Å². The summed E-state index contributed by atoms with van der Waals surface area (Å²) in [7, 11) is 1.45. The molecule has 2 N–H and O–H groups in total. The van der Waals surface area contributed by atoms with Gasteiger partial charge in [0.2, 0.25) is 5.79 Å². The van der Waals surface area contributed by atoms with Gasteiger partial charge in [-0.05, 0) is 50.4 Å². The lowest BCUT2D eigenvalue weighted by molar-refractivity contribution is -0.309. The average molecular weight is 535 g/mol. The van der Waals surface area contributed by atoms with Gasteiger partial charge in [-0.25, -0.2) is 4.79 Å². The number of ether oxygens (including phenoxy) is 6. The fourth-order valence-corrected chi connectivity index (χ4v) is 7.72. The second-order valence-corrected chi connectivity index (χ2v) is 12.1. The van der Waals surface area contributed by atoms with E-state index in [1.165, 1.54) is 12.7 Å². The number of fused-ring (bicyclic) bond motifs is 3. The summed E-state index contributed by atoms with van der Waals surface area (Å²) in [5.41, 5.74) is 1.49. The van der Waals surface area contributed by atoms with Crippen molar-refractivity contribution in [1.29, 1.82) is 0 Å². The number of carbonyl (C=O) groups is 2. The molecule has 0 spiro atoms. The van der Waals surface area contributed by atoms with E-state index >= 15 is 0 Å². The second kappa shape index (κ2) is 9.38. The van der Waals surface area contributed by atoms with Gasteiger partial charge in [-0.15, -0.1) is 0 Å². The Hall–Kier alpha value is -1.82. The fraction of sp³-hybridized carbons (Fsp3) is 0.786. The third kappa shape index (κ3) is 3.98. The van der Waals surface area contributed by atoms with Crippen LogP contribution >= 0.6 is 0 Å². The van der Waals surface area contributed by atoms with E-state index in [0.29, 0.717) is 31.3 Å². The molecule has 210 valence electrons. The van der Waals surface area contributed by atoms with E-state index in [1.807, 2.05) is 6.08 Å². The maximum Gasteiger partial charge on any atom is 0.336 e. The molecule has 3 saturated heterocycles. The number of rotatable bonds is 3. The van der Waals surface area contributed by atoms with Crippen LogP contribution in [0.3, 0.4) is 0 Å². The van der Waals surface area contributed by atoms with E-state index in [-0.39, 0.29) is 35.9 Å². The summed E-state index contributed by atoms with van der Waals surface area (Å²) >= 11 is 0. The van der Waals surface area contributed by atoms with E-state index in [1.54, 1.807) is 13.8 Å². The summed E-state index contributed by atoms with van der Waals surface area (Å²) in [6, 6.07) is 0. The minimum absolute atomic E-state index is 0.0348. The summed E-state index contributed by atoms with van der Waals surface area (Å²) in [4.78, 5) is 26.2. The van der Waals surface area contributed by atoms with Gasteiger partial charge in [0.15, 0.2) is 6.29 Å². The molecule has 0 radical (unpaired) electrons. The summed E-state index contributed by atoms with van der Waals surface area (Å²) in [6.07, 6.45) is 2.35. The largest absolute Gasteiger partial charge is 0.459 e. The first-order chi connectivity index (χ1) is 18.1. The standard InChI is InChI=1S/C28H38O10/c1-13-21(29)23(33-4)22(30)26(35-13)36-15-9-10-27(2)14(11-15)5-6-16-18(27)8-7-17-20-19(37-24(16)31)12-34-28(20,3)38-25(17)32/h5,7,13,15-16,18-23,26,29-30H,6,8-12H2,1-4H3/b17-7+/t13-,15+,16-,18+,19-,20-,21-,22-,23+,26+,27+,28-/m1/s1. The monoisotopic (exact) mass is 534 g/mol. The van der Waals surface area contributed by atoms with Crippen LogP contribution in [0.5, 0.6) is 0 Å². The number of aliphatic hydroxyl groups excluding tert-OH is 2. The van der Waals surface area contributed by atoms with Gasteiger partial charge in [0, 0.05) is 19.6 Å². The van der Waals surface area contributed by atoms with Crippen molar-refractivity contribution in [2.24, 2.45) is 23.2 Å². The average Bonchev–Trinajstić information content (AvgIpc) is 3.33. The Morgan fingerprint density at radius 2 is 1.89 bits per heavy atom. The molecule has 6 rings (SSSR count). The fourth-order valence-electron chi connectivity index (χ4n) is 7.72. The van der Waals surface area contributed by atoms with Crippen molar-refractivity contribution in [3.05, 3.63) is 23.3 Å². The molecule has 4 fully saturated rings. The maximum atomic E-state index is 13.5. The van der Waals surface area contributed by atoms with E-state index in [2.05, 4.69) is 13.0 Å². The second-order valence-electron chi connectivity index (χ2n) is 12.1. The summed E-state index contributed by atoms with van der Waals surface area (Å²) in [5.74, 6) is -2.49. The molecule has 2 aliphatic carbocycles. The lowest BCUT2D eigenvalue weighted by atomic mass is 9.55. The van der Waals surface area contributed by atoms with Gasteiger partial charge in [-0.1, -0.05) is 24.6 Å². The van der Waals surface area contributed by atoms with Crippen molar-refractivity contribution in [3.8, 4) is 0 Å². The molecule has 0 unspecified atom stereocenters. The van der Waals surface area contributed by atoms with E-state index in [4.69, 9.17) is 28.4 Å². The topological polar surface area (TPSA) is 130 Å². The van der Waals surface area contributed by atoms with Crippen LogP contribution in [0.2, 0.25) is 0 Å². The van der Waals surface area contributed by atoms with Gasteiger partial charge >= 0.3 is 11.9 Å². The van der Waals surface area contributed by atoms with Crippen molar-refractivity contribution in [1.82, 2.24) is 0 Å². The smallest absolute Gasteiger partial charge is 0.336 e. The number of allylic oxidation sites excluding steroid dienone is 2. The van der Waals surface area contributed by atoms with Crippen LogP contribution in [0.25, 0.3) is 0 Å². The van der Waals surface area contributed by atoms with Crippen LogP contribution < -0.4 is 0 Å². The molecule has 38 heavy (non-hydrogen) atoms. The van der Waals surface area contributed by atoms with Gasteiger partial charge < -0.3 is 38.6 Å². The number of carbonyl (C=O) groups excluding carboxylic acids is 2. The lowest BCUT2D eigenvalue weighted by Crippen LogP contribution is -2.59. The Balaban J connectivity index is 1.22. The first kappa shape index (κ1) is 26.4. The van der Waals surface area contributed by atoms with Crippen molar-refractivity contribution >= 4 is 11.9 Å². The van der Waals surface area contributed by atoms with Crippen LogP contribution in [-0.2, 0) is 38.0 Å². The SMILES string of the molecule is CO[C@@H]1[C@@H](O)[C@H](O[C@H]2CC[C@@]3(C)C(=CC[C@H]4C(=O)O[C@@H]5CO[C@]6(C)OC(=O)/C(=C/C[C@@H]43)[C@H]56)C2)O[C@H](C)[C@H]1O. The van der Waals surface area contributed by atoms with E-state index in [0.717, 1.165) is 6.42 Å². The highest BCUT2D eigenvalue weighted by Gasteiger charge is 2.61. The van der Waals surface area contributed by atoms with Gasteiger partial charge in [0.25, 0.3) is 0 Å². The van der Waals surface area contributed by atoms with Crippen LogP contribution in [-0.4, -0.2) is 84.6 Å². The molecule has 1 saturated carbocycles. The zero-order chi connectivity index (χ0) is 27.0. The molecule has 4 heterocycles. The van der Waals surface area contributed by atoms with Crippen LogP contribution in [0, 0.1) is 23.2 Å². The molecule has 0 aromatic heterocycles. The molecule has 10 nitrogen and oxygen atoms in total. The normalized spacial score (nSPS) is 51.6. The first-order valence-electron chi connectivity index (χ1n) is 13.7. The first-order valence-corrected chi connectivity index (χ1v) is 13.7. The Morgan fingerprint density at radius 3 is 2.66 bits per heavy atom. The van der Waals surface area contributed by atoms with Crippen LogP contribution in [0.15, 0.2) is 23.3 Å². The molecule has 6 aliphatic rings. The Kier molecular flexibility index (Phi) is 6.52. The lowest BCUT2D eigenvalue weighted by Gasteiger charge is -2.50. The third-order valence-corrected chi connectivity index (χ3v) is 9.97. The molecule has 10 heteroatoms. The molecular weight excluding hydrogens is 496 g/mol. The highest BCUT2D eigenvalue weighted by Crippen LogP contribution is 2.56. The Labute approximate surface area is 222 Å². The molecular formula is C28H38O10. The number of hydrogen-bond acceptors (Lipinski definition) is 10. The Morgan fingerprint density at radius 1 is 1.11 bits per heavy atom. The predicted molar refractivity (Wildman–Crippen MR) is 130 cm³/mol. The zero-order valence-electron chi connectivity index (χ0n) is 22.3. The highest BCUT2D eigenvalue weighted by molar-refractivity contribution is 5.92. The number of methoxy groups -OCH3 is 1. The molecule has 12 atom stereocenters. The number of hydrogen-bond donors (Lipinski definition) is 2. The maximum absolute atomic E-state index is 13.5. The molecule has 0 aromatic rings. The zero-order valence-corrected chi connectivity index (χ0v) is 22.3. The van der Waals surface area contributed by atoms with Crippen molar-refractivity contribution in [2.45, 2.75) is 102 Å². The molecule has 0 amide bonds. The predicted octanol–water partition coefficient (Wildman–Crippen LogP) is 1.77. The Bertz CT molecular complexity index is 1050. The summed E-state index contributed by atoms with van der Waals surface area (Å²) in [6.45, 7) is 5.87. The highest BCUT2D eigenvalue weighted by atomic mass is 16.7. The van der Waals surface area contributed by atoms with Gasteiger partial charge in [0.05, 0.1) is 30.7 Å². The number of esters is 2.